The van der Waals surface area contributed by atoms with E-state index in [0.29, 0.717) is 43.6 Å². The van der Waals surface area contributed by atoms with Gasteiger partial charge in [0.25, 0.3) is 11.8 Å². The van der Waals surface area contributed by atoms with Crippen LogP contribution in [0.1, 0.15) is 16.7 Å². The molecule has 4 aromatic carbocycles. The van der Waals surface area contributed by atoms with Crippen LogP contribution >= 0.6 is 34.2 Å². The van der Waals surface area contributed by atoms with Crippen LogP contribution in [0.2, 0.25) is 5.02 Å². The number of rotatable bonds is 9. The molecular weight excluding hydrogens is 690 g/mol. The van der Waals surface area contributed by atoms with Crippen LogP contribution < -0.4 is 24.4 Å². The van der Waals surface area contributed by atoms with E-state index < -0.39 is 17.8 Å². The molecular formula is C32H23ClFIN2O6. The van der Waals surface area contributed by atoms with Crippen molar-refractivity contribution in [1.82, 2.24) is 5.32 Å². The molecule has 0 spiro atoms. The summed E-state index contributed by atoms with van der Waals surface area (Å²) in [5.74, 6) is -0.688. The molecule has 1 N–H and O–H groups in total. The Morgan fingerprint density at radius 2 is 1.63 bits per heavy atom. The highest BCUT2D eigenvalue weighted by molar-refractivity contribution is 14.1. The molecule has 11 heteroatoms. The Morgan fingerprint density at radius 1 is 0.907 bits per heavy atom. The summed E-state index contributed by atoms with van der Waals surface area (Å²) in [6, 6.07) is 22.1. The van der Waals surface area contributed by atoms with Gasteiger partial charge in [0.05, 0.1) is 16.4 Å². The van der Waals surface area contributed by atoms with Gasteiger partial charge in [-0.3, -0.25) is 14.9 Å². The molecule has 1 aliphatic rings. The van der Waals surface area contributed by atoms with Gasteiger partial charge in [0.2, 0.25) is 0 Å². The van der Waals surface area contributed by atoms with Crippen LogP contribution in [0, 0.1) is 9.39 Å². The molecule has 8 nitrogen and oxygen atoms in total. The largest absolute Gasteiger partial charge is 0.493 e. The van der Waals surface area contributed by atoms with Crippen molar-refractivity contribution >= 4 is 63.8 Å². The number of nitrogens with one attached hydrogen (secondary N) is 1. The van der Waals surface area contributed by atoms with Crippen molar-refractivity contribution in [2.45, 2.75) is 13.2 Å². The lowest BCUT2D eigenvalue weighted by Gasteiger charge is -2.26. The van der Waals surface area contributed by atoms with Crippen molar-refractivity contribution in [1.29, 1.82) is 0 Å². The van der Waals surface area contributed by atoms with Crippen molar-refractivity contribution in [2.75, 3.05) is 12.0 Å². The van der Waals surface area contributed by atoms with E-state index in [1.165, 1.54) is 25.3 Å². The molecule has 0 atom stereocenters. The average molecular weight is 713 g/mol. The molecule has 1 aliphatic heterocycles. The molecule has 4 amide bonds. The number of imide groups is 2. The van der Waals surface area contributed by atoms with Gasteiger partial charge in [-0.25, -0.2) is 14.1 Å². The van der Waals surface area contributed by atoms with Gasteiger partial charge in [-0.05, 0) is 106 Å². The molecule has 1 saturated heterocycles. The highest BCUT2D eigenvalue weighted by Gasteiger charge is 2.37. The van der Waals surface area contributed by atoms with Crippen molar-refractivity contribution in [3.05, 3.63) is 122 Å². The summed E-state index contributed by atoms with van der Waals surface area (Å²) in [6.45, 7) is 0.408. The standard InChI is InChI=1S/C32H23ClFIN2O6/c1-41-28-16-21(15-27(35)29(28)43-18-20-3-2-4-23(34)13-20)14-26-30(38)36-32(40)37(31(26)39)24-9-11-25(12-10-24)42-17-19-5-7-22(33)8-6-19/h2-16H,17-18H2,1H3,(H,36,38,40)/b26-14+. The first-order chi connectivity index (χ1) is 20.7. The number of barbiturate groups is 1. The molecule has 218 valence electrons. The summed E-state index contributed by atoms with van der Waals surface area (Å²) in [6.07, 6.45) is 1.38. The van der Waals surface area contributed by atoms with Crippen molar-refractivity contribution in [3.63, 3.8) is 0 Å². The number of amides is 4. The fourth-order valence-electron chi connectivity index (χ4n) is 4.24. The Labute approximate surface area is 265 Å². The third kappa shape index (κ3) is 7.15. The fourth-order valence-corrected chi connectivity index (χ4v) is 5.15. The third-order valence-corrected chi connectivity index (χ3v) is 7.40. The van der Waals surface area contributed by atoms with Crippen LogP contribution in [0.5, 0.6) is 17.2 Å². The molecule has 0 unspecified atom stereocenters. The van der Waals surface area contributed by atoms with Crippen molar-refractivity contribution in [2.24, 2.45) is 0 Å². The van der Waals surface area contributed by atoms with Gasteiger partial charge in [-0.15, -0.1) is 0 Å². The molecule has 1 heterocycles. The number of ether oxygens (including phenoxy) is 3. The van der Waals surface area contributed by atoms with Crippen LogP contribution in [-0.2, 0) is 22.8 Å². The van der Waals surface area contributed by atoms with E-state index in [4.69, 9.17) is 25.8 Å². The average Bonchev–Trinajstić information content (AvgIpc) is 2.99. The first kappa shape index (κ1) is 30.1. The minimum absolute atomic E-state index is 0.105. The van der Waals surface area contributed by atoms with Gasteiger partial charge in [0.15, 0.2) is 11.5 Å². The maximum absolute atomic E-state index is 13.6. The normalized spacial score (nSPS) is 14.1. The molecule has 5 rings (SSSR count). The van der Waals surface area contributed by atoms with Gasteiger partial charge < -0.3 is 14.2 Å². The minimum Gasteiger partial charge on any atom is -0.493 e. The summed E-state index contributed by atoms with van der Waals surface area (Å²) in [4.78, 5) is 39.7. The Morgan fingerprint density at radius 3 is 2.33 bits per heavy atom. The van der Waals surface area contributed by atoms with Crippen LogP contribution in [0.15, 0.2) is 90.5 Å². The number of methoxy groups -OCH3 is 1. The van der Waals surface area contributed by atoms with Crippen LogP contribution in [0.3, 0.4) is 0 Å². The molecule has 0 radical (unpaired) electrons. The lowest BCUT2D eigenvalue weighted by Crippen LogP contribution is -2.54. The van der Waals surface area contributed by atoms with E-state index in [1.807, 2.05) is 34.7 Å². The SMILES string of the molecule is COc1cc(/C=C2\C(=O)NC(=O)N(c3ccc(OCc4ccc(Cl)cc4)cc3)C2=O)cc(I)c1OCc1cccc(F)c1. The summed E-state index contributed by atoms with van der Waals surface area (Å²) < 4.78 is 31.4. The number of hydrogen-bond acceptors (Lipinski definition) is 6. The highest BCUT2D eigenvalue weighted by atomic mass is 127. The number of nitrogens with zero attached hydrogens (tertiary/aromatic N) is 1. The third-order valence-electron chi connectivity index (χ3n) is 6.35. The number of halogens is 3. The number of benzene rings is 4. The lowest BCUT2D eigenvalue weighted by atomic mass is 10.1. The number of carbonyl (C=O) groups is 3. The monoisotopic (exact) mass is 712 g/mol. The first-order valence-corrected chi connectivity index (χ1v) is 14.3. The Balaban J connectivity index is 1.34. The Hall–Kier alpha value is -4.42. The number of hydrogen-bond donors (Lipinski definition) is 1. The number of carbonyl (C=O) groups excluding carboxylic acids is 3. The summed E-state index contributed by atoms with van der Waals surface area (Å²) in [5, 5.41) is 2.85. The molecule has 1 fully saturated rings. The second-order valence-corrected chi connectivity index (χ2v) is 10.9. The maximum atomic E-state index is 13.6. The van der Waals surface area contributed by atoms with E-state index in [0.717, 1.165) is 10.5 Å². The lowest BCUT2D eigenvalue weighted by molar-refractivity contribution is -0.122. The Bertz CT molecular complexity index is 1730. The zero-order valence-corrected chi connectivity index (χ0v) is 25.5. The quantitative estimate of drug-likeness (QED) is 0.115. The van der Waals surface area contributed by atoms with E-state index in [2.05, 4.69) is 5.32 Å². The molecule has 43 heavy (non-hydrogen) atoms. The molecule has 0 aromatic heterocycles. The second-order valence-electron chi connectivity index (χ2n) is 9.32. The van der Waals surface area contributed by atoms with E-state index >= 15 is 0 Å². The summed E-state index contributed by atoms with van der Waals surface area (Å²) >= 11 is 7.96. The smallest absolute Gasteiger partial charge is 0.335 e. The zero-order chi connectivity index (χ0) is 30.5. The summed E-state index contributed by atoms with van der Waals surface area (Å²) in [5.41, 5.74) is 2.05. The Kier molecular flexibility index (Phi) is 9.27. The summed E-state index contributed by atoms with van der Waals surface area (Å²) in [7, 11) is 1.46. The van der Waals surface area contributed by atoms with Gasteiger partial charge in [-0.2, -0.15) is 0 Å². The number of anilines is 1. The predicted octanol–water partition coefficient (Wildman–Crippen LogP) is 6.92. The van der Waals surface area contributed by atoms with Crippen LogP contribution in [-0.4, -0.2) is 25.0 Å². The van der Waals surface area contributed by atoms with Crippen LogP contribution in [0.4, 0.5) is 14.9 Å². The second kappa shape index (κ2) is 13.3. The van der Waals surface area contributed by atoms with Crippen LogP contribution in [0.25, 0.3) is 6.08 Å². The zero-order valence-electron chi connectivity index (χ0n) is 22.6. The fraction of sp³-hybridized carbons (Fsp3) is 0.0938. The first-order valence-electron chi connectivity index (χ1n) is 12.9. The molecule has 0 bridgehead atoms. The highest BCUT2D eigenvalue weighted by Crippen LogP contribution is 2.36. The molecule has 0 aliphatic carbocycles. The molecule has 4 aromatic rings. The van der Waals surface area contributed by atoms with Gasteiger partial charge in [0.1, 0.15) is 30.4 Å². The topological polar surface area (TPSA) is 94.2 Å². The number of urea groups is 1. The minimum atomic E-state index is -0.866. The van der Waals surface area contributed by atoms with E-state index in [9.17, 15) is 18.8 Å². The van der Waals surface area contributed by atoms with Crippen molar-refractivity contribution < 1.29 is 33.0 Å². The van der Waals surface area contributed by atoms with Crippen molar-refractivity contribution in [3.8, 4) is 17.2 Å². The molecule has 0 saturated carbocycles. The maximum Gasteiger partial charge on any atom is 0.335 e. The van der Waals surface area contributed by atoms with E-state index in [-0.39, 0.29) is 23.7 Å². The van der Waals surface area contributed by atoms with Gasteiger partial charge >= 0.3 is 6.03 Å². The van der Waals surface area contributed by atoms with E-state index in [1.54, 1.807) is 60.7 Å². The van der Waals surface area contributed by atoms with Gasteiger partial charge in [0, 0.05) is 5.02 Å². The van der Waals surface area contributed by atoms with Gasteiger partial charge in [-0.1, -0.05) is 35.9 Å². The predicted molar refractivity (Wildman–Crippen MR) is 168 cm³/mol.